The smallest absolute Gasteiger partial charge is 0.0882 e. The molecule has 2 bridgehead atoms. The van der Waals surface area contributed by atoms with Crippen LogP contribution in [0.5, 0.6) is 0 Å². The number of hydrogen-bond acceptors (Lipinski definition) is 1. The summed E-state index contributed by atoms with van der Waals surface area (Å²) in [5, 5.41) is 0. The number of rotatable bonds is 2. The van der Waals surface area contributed by atoms with Crippen LogP contribution in [0.4, 0.5) is 0 Å². The van der Waals surface area contributed by atoms with Crippen LogP contribution < -0.4 is 0 Å². The van der Waals surface area contributed by atoms with E-state index >= 15 is 0 Å². The lowest BCUT2D eigenvalue weighted by atomic mass is 9.51. The minimum Gasteiger partial charge on any atom is -0.212 e. The van der Waals surface area contributed by atoms with E-state index < -0.39 is 0 Å². The molecule has 3 aromatic carbocycles. The van der Waals surface area contributed by atoms with Gasteiger partial charge in [-0.15, -0.1) is 0 Å². The van der Waals surface area contributed by atoms with Crippen LogP contribution in [0.2, 0.25) is 0 Å². The highest BCUT2D eigenvalue weighted by Gasteiger charge is 2.52. The zero-order valence-corrected chi connectivity index (χ0v) is 17.3. The molecule has 1 nitrogen and oxygen atoms in total. The van der Waals surface area contributed by atoms with Crippen LogP contribution in [0, 0.1) is 5.41 Å². The van der Waals surface area contributed by atoms with Crippen molar-refractivity contribution < 1.29 is 4.21 Å². The van der Waals surface area contributed by atoms with Gasteiger partial charge in [0.15, 0.2) is 0 Å². The molecule has 3 aliphatic carbocycles. The highest BCUT2D eigenvalue weighted by Crippen LogP contribution is 2.60. The summed E-state index contributed by atoms with van der Waals surface area (Å²) < 4.78 is 12.2. The molecule has 0 unspecified atom stereocenters. The molecule has 0 amide bonds. The van der Waals surface area contributed by atoms with E-state index in [0.29, 0.717) is 11.3 Å². The van der Waals surface area contributed by atoms with E-state index in [2.05, 4.69) is 93.6 Å². The quantitative estimate of drug-likeness (QED) is 0.522. The highest BCUT2D eigenvalue weighted by molar-refractivity contribution is 7.66. The molecule has 0 N–H and O–H groups in total. The summed E-state index contributed by atoms with van der Waals surface area (Å²) in [4.78, 5) is 1.01. The van der Waals surface area contributed by atoms with Gasteiger partial charge >= 0.3 is 0 Å². The zero-order valence-electron chi connectivity index (χ0n) is 16.5. The van der Waals surface area contributed by atoms with Gasteiger partial charge in [-0.05, 0) is 45.2 Å². The first-order chi connectivity index (χ1) is 13.5. The largest absolute Gasteiger partial charge is 0.212 e. The summed E-state index contributed by atoms with van der Waals surface area (Å²) in [6.45, 7) is 6.46. The van der Waals surface area contributed by atoms with Gasteiger partial charge < -0.3 is 0 Å². The third-order valence-electron chi connectivity index (χ3n) is 6.56. The monoisotopic (exact) mass is 384 g/mol. The van der Waals surface area contributed by atoms with Gasteiger partial charge in [0.25, 0.3) is 0 Å². The van der Waals surface area contributed by atoms with E-state index in [1.54, 1.807) is 0 Å². The molecule has 3 aromatic rings. The molecule has 28 heavy (non-hydrogen) atoms. The molecule has 0 saturated carbocycles. The molecule has 0 aliphatic heterocycles. The first kappa shape index (κ1) is 17.6. The van der Waals surface area contributed by atoms with Gasteiger partial charge in [0.1, 0.15) is 0 Å². The van der Waals surface area contributed by atoms with Crippen molar-refractivity contribution in [3.63, 3.8) is 0 Å². The van der Waals surface area contributed by atoms with Gasteiger partial charge in [-0.25, -0.2) is 4.21 Å². The maximum Gasteiger partial charge on any atom is 0.0882 e. The van der Waals surface area contributed by atoms with E-state index in [4.69, 9.17) is 0 Å². The van der Waals surface area contributed by atoms with Crippen molar-refractivity contribution in [3.05, 3.63) is 106 Å². The average Bonchev–Trinajstić information content (AvgIpc) is 2.71. The van der Waals surface area contributed by atoms with Crippen molar-refractivity contribution in [1.82, 2.24) is 0 Å². The standard InChI is InChI=1S/C26H24OS/c1-25(2,3)23(28-27)16-26-20-13-7-4-10-17(20)24(18-11-5-8-14-21(18)26)19-12-6-9-15-22(19)26/h4-15,24H,16H2,1-3H3. The Kier molecular flexibility index (Phi) is 3.79. The fourth-order valence-electron chi connectivity index (χ4n) is 5.30. The van der Waals surface area contributed by atoms with Gasteiger partial charge in [-0.3, -0.25) is 0 Å². The molecule has 0 radical (unpaired) electrons. The van der Waals surface area contributed by atoms with Crippen molar-refractivity contribution in [3.8, 4) is 0 Å². The van der Waals surface area contributed by atoms with E-state index in [1.165, 1.54) is 33.4 Å². The van der Waals surface area contributed by atoms with Crippen LogP contribution in [-0.2, 0) is 16.7 Å². The zero-order chi connectivity index (χ0) is 19.5. The topological polar surface area (TPSA) is 17.1 Å². The molecule has 0 heterocycles. The van der Waals surface area contributed by atoms with Gasteiger partial charge in [0, 0.05) is 10.8 Å². The molecule has 0 aromatic heterocycles. The Hall–Kier alpha value is -2.45. The molecule has 0 spiro atoms. The predicted octanol–water partition coefficient (Wildman–Crippen LogP) is 5.65. The minimum atomic E-state index is -0.293. The Balaban J connectivity index is 1.91. The lowest BCUT2D eigenvalue weighted by molar-refractivity contribution is 0.522. The van der Waals surface area contributed by atoms with Crippen molar-refractivity contribution >= 4 is 16.1 Å². The Morgan fingerprint density at radius 2 is 1.18 bits per heavy atom. The van der Waals surface area contributed by atoms with Gasteiger partial charge in [-0.2, -0.15) is 0 Å². The van der Waals surface area contributed by atoms with Crippen molar-refractivity contribution in [1.29, 1.82) is 0 Å². The lowest BCUT2D eigenvalue weighted by Gasteiger charge is -2.51. The minimum absolute atomic E-state index is 0.145. The molecular weight excluding hydrogens is 360 g/mol. The van der Waals surface area contributed by atoms with Crippen molar-refractivity contribution in [2.24, 2.45) is 5.41 Å². The second-order valence-electron chi connectivity index (χ2n) is 9.03. The molecular formula is C26H24OS. The second kappa shape index (κ2) is 6.02. The molecule has 6 rings (SSSR count). The van der Waals surface area contributed by atoms with Gasteiger partial charge in [-0.1, -0.05) is 93.6 Å². The molecule has 2 heteroatoms. The van der Waals surface area contributed by atoms with E-state index in [9.17, 15) is 4.21 Å². The van der Waals surface area contributed by atoms with Gasteiger partial charge in [0.05, 0.1) is 16.7 Å². The van der Waals surface area contributed by atoms with E-state index in [0.717, 1.165) is 11.3 Å². The summed E-state index contributed by atoms with van der Waals surface area (Å²) in [7, 11) is 0. The summed E-state index contributed by atoms with van der Waals surface area (Å²) in [6, 6.07) is 26.6. The number of hydrogen-bond donors (Lipinski definition) is 0. The maximum atomic E-state index is 12.2. The fraction of sp³-hybridized carbons (Fsp3) is 0.269. The predicted molar refractivity (Wildman–Crippen MR) is 117 cm³/mol. The summed E-state index contributed by atoms with van der Waals surface area (Å²) in [5.74, 6) is 0.281. The molecule has 0 saturated heterocycles. The van der Waals surface area contributed by atoms with E-state index in [1.807, 2.05) is 0 Å². The van der Waals surface area contributed by atoms with Crippen molar-refractivity contribution in [2.75, 3.05) is 0 Å². The Morgan fingerprint density at radius 1 is 0.786 bits per heavy atom. The van der Waals surface area contributed by atoms with Crippen LogP contribution in [0.3, 0.4) is 0 Å². The third-order valence-corrected chi connectivity index (χ3v) is 7.52. The summed E-state index contributed by atoms with van der Waals surface area (Å²) in [5.41, 5.74) is 7.85. The summed E-state index contributed by atoms with van der Waals surface area (Å²) in [6.07, 6.45) is 0.739. The fourth-order valence-corrected chi connectivity index (χ4v) is 5.82. The normalized spacial score (nSPS) is 21.5. The van der Waals surface area contributed by atoms with Gasteiger partial charge in [0.2, 0.25) is 0 Å². The third kappa shape index (κ3) is 2.21. The Bertz CT molecular complexity index is 1030. The molecule has 0 fully saturated rings. The second-order valence-corrected chi connectivity index (χ2v) is 9.69. The van der Waals surface area contributed by atoms with E-state index in [-0.39, 0.29) is 16.7 Å². The SMILES string of the molecule is CC(C)(C)C(CC12c3ccccc3C(c3ccccc31)c1ccccc12)=S=O. The summed E-state index contributed by atoms with van der Waals surface area (Å²) >= 11 is 0.692. The first-order valence-corrected chi connectivity index (χ1v) is 10.7. The van der Waals surface area contributed by atoms with Crippen LogP contribution in [-0.4, -0.2) is 9.07 Å². The first-order valence-electron chi connectivity index (χ1n) is 9.93. The molecule has 3 aliphatic rings. The average molecular weight is 385 g/mol. The van der Waals surface area contributed by atoms with Crippen LogP contribution >= 0.6 is 0 Å². The highest BCUT2D eigenvalue weighted by atomic mass is 32.1. The lowest BCUT2D eigenvalue weighted by Crippen LogP contribution is -2.45. The maximum absolute atomic E-state index is 12.2. The van der Waals surface area contributed by atoms with Crippen molar-refractivity contribution in [2.45, 2.75) is 38.5 Å². The molecule has 0 atom stereocenters. The Morgan fingerprint density at radius 3 is 1.54 bits per heavy atom. The van der Waals surface area contributed by atoms with Crippen LogP contribution in [0.25, 0.3) is 0 Å². The molecule has 140 valence electrons. The van der Waals surface area contributed by atoms with Crippen LogP contribution in [0.15, 0.2) is 72.8 Å². The van der Waals surface area contributed by atoms with Crippen LogP contribution in [0.1, 0.15) is 66.5 Å². The Labute approximate surface area is 170 Å². The number of benzene rings is 3.